The lowest BCUT2D eigenvalue weighted by Crippen LogP contribution is -2.32. The van der Waals surface area contributed by atoms with Gasteiger partial charge in [-0.3, -0.25) is 0 Å². The first kappa shape index (κ1) is 16.7. The Morgan fingerprint density at radius 3 is 2.25 bits per heavy atom. The lowest BCUT2D eigenvalue weighted by molar-refractivity contribution is 0.127. The van der Waals surface area contributed by atoms with Gasteiger partial charge >= 0.3 is 0 Å². The summed E-state index contributed by atoms with van der Waals surface area (Å²) in [6.45, 7) is 11.2. The van der Waals surface area contributed by atoms with Crippen molar-refractivity contribution >= 4 is 11.6 Å². The monoisotopic (exact) mass is 280 g/mol. The van der Waals surface area contributed by atoms with E-state index in [-0.39, 0.29) is 17.4 Å². The van der Waals surface area contributed by atoms with Crippen LogP contribution in [0.5, 0.6) is 0 Å². The molecule has 0 spiro atoms. The zero-order chi connectivity index (χ0) is 15.4. The molecule has 0 aliphatic carbocycles. The summed E-state index contributed by atoms with van der Waals surface area (Å²) in [4.78, 5) is 8.81. The predicted octanol–water partition coefficient (Wildman–Crippen LogP) is 2.57. The Hall–Kier alpha value is -1.36. The highest BCUT2D eigenvalue weighted by atomic mass is 16.3. The van der Waals surface area contributed by atoms with Crippen LogP contribution in [0.25, 0.3) is 0 Å². The van der Waals surface area contributed by atoms with Gasteiger partial charge in [0.2, 0.25) is 0 Å². The molecule has 20 heavy (non-hydrogen) atoms. The molecule has 1 aromatic rings. The second kappa shape index (κ2) is 6.39. The fraction of sp³-hybridized carbons (Fsp3) is 0.733. The number of aliphatic hydroxyl groups excluding tert-OH is 1. The van der Waals surface area contributed by atoms with E-state index in [9.17, 15) is 5.11 Å². The molecule has 0 amide bonds. The van der Waals surface area contributed by atoms with Crippen molar-refractivity contribution in [1.29, 1.82) is 0 Å². The molecule has 0 saturated heterocycles. The quantitative estimate of drug-likeness (QED) is 0.746. The van der Waals surface area contributed by atoms with Crippen molar-refractivity contribution in [2.45, 2.75) is 52.9 Å². The molecule has 1 rings (SSSR count). The number of aliphatic hydroxyl groups is 1. The van der Waals surface area contributed by atoms with Crippen LogP contribution in [-0.2, 0) is 5.41 Å². The molecular weight excluding hydrogens is 252 g/mol. The predicted molar refractivity (Wildman–Crippen MR) is 83.7 cm³/mol. The maximum Gasteiger partial charge on any atom is 0.138 e. The molecule has 0 aliphatic rings. The summed E-state index contributed by atoms with van der Waals surface area (Å²) in [5, 5.41) is 12.9. The summed E-state index contributed by atoms with van der Waals surface area (Å²) in [7, 11) is 0. The molecule has 0 radical (unpaired) electrons. The number of aromatic nitrogens is 2. The van der Waals surface area contributed by atoms with Crippen LogP contribution in [0.2, 0.25) is 0 Å². The summed E-state index contributed by atoms with van der Waals surface area (Å²) in [5.41, 5.74) is 5.60. The average molecular weight is 280 g/mol. The highest BCUT2D eigenvalue weighted by molar-refractivity contribution is 5.45. The topological polar surface area (TPSA) is 84.1 Å². The van der Waals surface area contributed by atoms with E-state index in [1.165, 1.54) is 0 Å². The third-order valence-corrected chi connectivity index (χ3v) is 3.90. The third-order valence-electron chi connectivity index (χ3n) is 3.90. The lowest BCUT2D eigenvalue weighted by atomic mass is 9.83. The smallest absolute Gasteiger partial charge is 0.138 e. The Morgan fingerprint density at radius 2 is 1.80 bits per heavy atom. The Bertz CT molecular complexity index is 428. The van der Waals surface area contributed by atoms with Crippen LogP contribution in [0.15, 0.2) is 6.07 Å². The minimum absolute atomic E-state index is 0.110. The fourth-order valence-electron chi connectivity index (χ4n) is 1.95. The van der Waals surface area contributed by atoms with Crippen LogP contribution >= 0.6 is 0 Å². The lowest BCUT2D eigenvalue weighted by Gasteiger charge is -2.30. The van der Waals surface area contributed by atoms with Gasteiger partial charge in [0, 0.05) is 23.4 Å². The summed E-state index contributed by atoms with van der Waals surface area (Å²) in [6, 6.07) is 1.74. The summed E-state index contributed by atoms with van der Waals surface area (Å²) < 4.78 is 0. The normalized spacial score (nSPS) is 12.5. The number of nitrogens with zero attached hydrogens (tertiary/aromatic N) is 2. The molecule has 1 heterocycles. The molecule has 0 unspecified atom stereocenters. The van der Waals surface area contributed by atoms with E-state index in [0.717, 1.165) is 24.5 Å². The highest BCUT2D eigenvalue weighted by Crippen LogP contribution is 2.27. The first-order chi connectivity index (χ1) is 9.26. The van der Waals surface area contributed by atoms with Gasteiger partial charge in [-0.05, 0) is 12.8 Å². The molecule has 0 aromatic carbocycles. The number of nitrogens with two attached hydrogens (primary N) is 1. The minimum atomic E-state index is -0.143. The molecule has 0 fully saturated rings. The summed E-state index contributed by atoms with van der Waals surface area (Å²) in [5.74, 6) is 1.92. The fourth-order valence-corrected chi connectivity index (χ4v) is 1.95. The van der Waals surface area contributed by atoms with Crippen molar-refractivity contribution in [1.82, 2.24) is 9.97 Å². The zero-order valence-corrected chi connectivity index (χ0v) is 13.3. The number of nitrogens with one attached hydrogen (secondary N) is 1. The number of nitrogen functional groups attached to an aromatic ring is 1. The number of hydrogen-bond donors (Lipinski definition) is 3. The number of hydrogen-bond acceptors (Lipinski definition) is 5. The Morgan fingerprint density at radius 1 is 1.20 bits per heavy atom. The van der Waals surface area contributed by atoms with Crippen LogP contribution in [-0.4, -0.2) is 28.2 Å². The standard InChI is InChI=1S/C15H28N4O/c1-6-15(7-2,10-20)9-17-12-8-11(16)18-13(19-12)14(3,4)5/h8,20H,6-7,9-10H2,1-5H3,(H3,16,17,18,19). The van der Waals surface area contributed by atoms with Crippen LogP contribution in [0.1, 0.15) is 53.3 Å². The molecule has 0 saturated carbocycles. The van der Waals surface area contributed by atoms with Gasteiger partial charge in [-0.2, -0.15) is 0 Å². The molecule has 5 nitrogen and oxygen atoms in total. The minimum Gasteiger partial charge on any atom is -0.396 e. The molecule has 0 aliphatic heterocycles. The average Bonchev–Trinajstić information content (AvgIpc) is 2.39. The number of anilines is 2. The molecule has 114 valence electrons. The van der Waals surface area contributed by atoms with Gasteiger partial charge < -0.3 is 16.2 Å². The van der Waals surface area contributed by atoms with Gasteiger partial charge in [0.15, 0.2) is 0 Å². The van der Waals surface area contributed by atoms with E-state index in [0.29, 0.717) is 12.4 Å². The second-order valence-corrected chi connectivity index (χ2v) is 6.47. The van der Waals surface area contributed by atoms with Crippen molar-refractivity contribution in [2.24, 2.45) is 5.41 Å². The molecule has 4 N–H and O–H groups in total. The van der Waals surface area contributed by atoms with E-state index in [2.05, 4.69) is 49.9 Å². The van der Waals surface area contributed by atoms with Crippen molar-refractivity contribution in [3.8, 4) is 0 Å². The van der Waals surface area contributed by atoms with E-state index in [1.807, 2.05) is 0 Å². The first-order valence-electron chi connectivity index (χ1n) is 7.26. The zero-order valence-electron chi connectivity index (χ0n) is 13.3. The molecule has 5 heteroatoms. The molecule has 1 aromatic heterocycles. The van der Waals surface area contributed by atoms with Gasteiger partial charge in [0.25, 0.3) is 0 Å². The van der Waals surface area contributed by atoms with Crippen LogP contribution in [0, 0.1) is 5.41 Å². The Kier molecular flexibility index (Phi) is 5.34. The molecule has 0 atom stereocenters. The summed E-state index contributed by atoms with van der Waals surface area (Å²) >= 11 is 0. The van der Waals surface area contributed by atoms with Crippen molar-refractivity contribution in [2.75, 3.05) is 24.2 Å². The SMILES string of the molecule is CCC(CC)(CO)CNc1cc(N)nc(C(C)(C)C)n1. The van der Waals surface area contributed by atoms with Gasteiger partial charge in [-0.1, -0.05) is 34.6 Å². The van der Waals surface area contributed by atoms with E-state index in [4.69, 9.17) is 5.73 Å². The maximum atomic E-state index is 9.60. The van der Waals surface area contributed by atoms with E-state index in [1.54, 1.807) is 6.07 Å². The van der Waals surface area contributed by atoms with Crippen molar-refractivity contribution in [3.05, 3.63) is 11.9 Å². The van der Waals surface area contributed by atoms with Crippen molar-refractivity contribution < 1.29 is 5.11 Å². The van der Waals surface area contributed by atoms with Crippen LogP contribution in [0.4, 0.5) is 11.6 Å². The van der Waals surface area contributed by atoms with Gasteiger partial charge in [-0.25, -0.2) is 9.97 Å². The second-order valence-electron chi connectivity index (χ2n) is 6.47. The largest absolute Gasteiger partial charge is 0.396 e. The maximum absolute atomic E-state index is 9.60. The van der Waals surface area contributed by atoms with Gasteiger partial charge in [0.05, 0.1) is 6.61 Å². The van der Waals surface area contributed by atoms with E-state index >= 15 is 0 Å². The summed E-state index contributed by atoms with van der Waals surface area (Å²) in [6.07, 6.45) is 1.83. The number of rotatable bonds is 6. The molecule has 0 bridgehead atoms. The first-order valence-corrected chi connectivity index (χ1v) is 7.26. The van der Waals surface area contributed by atoms with Gasteiger partial charge in [-0.15, -0.1) is 0 Å². The Labute approximate surface area is 122 Å². The van der Waals surface area contributed by atoms with Crippen LogP contribution < -0.4 is 11.1 Å². The van der Waals surface area contributed by atoms with E-state index < -0.39 is 0 Å². The van der Waals surface area contributed by atoms with Crippen LogP contribution in [0.3, 0.4) is 0 Å². The third kappa shape index (κ3) is 4.07. The Balaban J connectivity index is 2.91. The molecular formula is C15H28N4O. The highest BCUT2D eigenvalue weighted by Gasteiger charge is 2.25. The van der Waals surface area contributed by atoms with Gasteiger partial charge in [0.1, 0.15) is 17.5 Å². The van der Waals surface area contributed by atoms with Crippen molar-refractivity contribution in [3.63, 3.8) is 0 Å².